The molecular formula is C14H12N4O6. The van der Waals surface area contributed by atoms with Gasteiger partial charge in [-0.3, -0.25) is 14.9 Å². The summed E-state index contributed by atoms with van der Waals surface area (Å²) in [6.45, 7) is 1.40. The minimum atomic E-state index is -0.604. The van der Waals surface area contributed by atoms with Crippen LogP contribution in [0.2, 0.25) is 0 Å². The number of anilines is 2. The maximum atomic E-state index is 12.1. The van der Waals surface area contributed by atoms with Gasteiger partial charge in [-0.05, 0) is 13.0 Å². The number of aromatic nitrogens is 1. The SMILES string of the molecule is Cc1cc(NC(=O)CN2CC(=O)Oc3cc([N+](=O)[O-])ccc32)no1. The molecule has 124 valence electrons. The second-order valence-corrected chi connectivity index (χ2v) is 5.11. The van der Waals surface area contributed by atoms with E-state index >= 15 is 0 Å². The monoisotopic (exact) mass is 332 g/mol. The van der Waals surface area contributed by atoms with Crippen LogP contribution in [-0.4, -0.2) is 35.0 Å². The van der Waals surface area contributed by atoms with E-state index < -0.39 is 16.8 Å². The lowest BCUT2D eigenvalue weighted by Gasteiger charge is -2.28. The fourth-order valence-corrected chi connectivity index (χ4v) is 2.28. The largest absolute Gasteiger partial charge is 0.423 e. The van der Waals surface area contributed by atoms with Gasteiger partial charge in [-0.25, -0.2) is 4.79 Å². The predicted octanol–water partition coefficient (Wildman–Crippen LogP) is 1.26. The Morgan fingerprint density at radius 2 is 2.25 bits per heavy atom. The molecule has 0 radical (unpaired) electrons. The number of nitro benzene ring substituents is 1. The summed E-state index contributed by atoms with van der Waals surface area (Å²) < 4.78 is 9.86. The van der Waals surface area contributed by atoms with Gasteiger partial charge in [0.05, 0.1) is 23.2 Å². The van der Waals surface area contributed by atoms with Crippen LogP contribution in [0, 0.1) is 17.0 Å². The topological polar surface area (TPSA) is 128 Å². The molecule has 0 atom stereocenters. The zero-order valence-electron chi connectivity index (χ0n) is 12.5. The van der Waals surface area contributed by atoms with Gasteiger partial charge >= 0.3 is 5.97 Å². The third-order valence-electron chi connectivity index (χ3n) is 3.27. The molecule has 2 aromatic rings. The number of nitro groups is 1. The van der Waals surface area contributed by atoms with Crippen LogP contribution in [-0.2, 0) is 9.59 Å². The Hall–Kier alpha value is -3.43. The van der Waals surface area contributed by atoms with Crippen LogP contribution in [0.3, 0.4) is 0 Å². The van der Waals surface area contributed by atoms with Crippen molar-refractivity contribution in [2.24, 2.45) is 0 Å². The number of fused-ring (bicyclic) bond motifs is 1. The lowest BCUT2D eigenvalue weighted by Crippen LogP contribution is -2.41. The zero-order valence-corrected chi connectivity index (χ0v) is 12.5. The Bertz CT molecular complexity index is 830. The Morgan fingerprint density at radius 3 is 2.92 bits per heavy atom. The summed E-state index contributed by atoms with van der Waals surface area (Å²) in [6.07, 6.45) is 0. The molecule has 1 aliphatic rings. The number of aryl methyl sites for hydroxylation is 1. The smallest absolute Gasteiger partial charge is 0.331 e. The van der Waals surface area contributed by atoms with Crippen molar-refractivity contribution in [2.45, 2.75) is 6.92 Å². The van der Waals surface area contributed by atoms with Gasteiger partial charge in [0.25, 0.3) is 5.69 Å². The van der Waals surface area contributed by atoms with E-state index in [1.54, 1.807) is 13.0 Å². The van der Waals surface area contributed by atoms with E-state index in [4.69, 9.17) is 9.26 Å². The normalized spacial score (nSPS) is 13.2. The van der Waals surface area contributed by atoms with Crippen molar-refractivity contribution in [2.75, 3.05) is 23.3 Å². The molecule has 1 N–H and O–H groups in total. The summed E-state index contributed by atoms with van der Waals surface area (Å²) in [5.41, 5.74) is 0.220. The molecule has 0 saturated heterocycles. The summed E-state index contributed by atoms with van der Waals surface area (Å²) in [5.74, 6) is -0.161. The number of hydrogen-bond donors (Lipinski definition) is 1. The number of rotatable bonds is 4. The molecule has 0 bridgehead atoms. The molecule has 10 nitrogen and oxygen atoms in total. The number of non-ortho nitro benzene ring substituents is 1. The highest BCUT2D eigenvalue weighted by Gasteiger charge is 2.27. The molecule has 10 heteroatoms. The van der Waals surface area contributed by atoms with Crippen molar-refractivity contribution in [3.05, 3.63) is 40.1 Å². The van der Waals surface area contributed by atoms with Crippen molar-refractivity contribution >= 4 is 29.1 Å². The molecule has 1 aromatic carbocycles. The second-order valence-electron chi connectivity index (χ2n) is 5.11. The fourth-order valence-electron chi connectivity index (χ4n) is 2.28. The van der Waals surface area contributed by atoms with Gasteiger partial charge in [0.1, 0.15) is 12.3 Å². The summed E-state index contributed by atoms with van der Waals surface area (Å²) in [5, 5.41) is 17.0. The van der Waals surface area contributed by atoms with E-state index in [2.05, 4.69) is 10.5 Å². The van der Waals surface area contributed by atoms with Crippen LogP contribution in [0.4, 0.5) is 17.2 Å². The number of nitrogens with zero attached hydrogens (tertiary/aromatic N) is 3. The number of benzene rings is 1. The summed E-state index contributed by atoms with van der Waals surface area (Å²) in [4.78, 5) is 35.4. The highest BCUT2D eigenvalue weighted by Crippen LogP contribution is 2.34. The molecule has 0 saturated carbocycles. The molecule has 0 unspecified atom stereocenters. The molecule has 0 spiro atoms. The summed E-state index contributed by atoms with van der Waals surface area (Å²) in [7, 11) is 0. The van der Waals surface area contributed by atoms with Crippen LogP contribution in [0.1, 0.15) is 5.76 Å². The average Bonchev–Trinajstić information content (AvgIpc) is 2.91. The second kappa shape index (κ2) is 5.99. The first-order chi connectivity index (χ1) is 11.4. The number of carbonyl (C=O) groups excluding carboxylic acids is 2. The minimum Gasteiger partial charge on any atom is -0.423 e. The highest BCUT2D eigenvalue weighted by atomic mass is 16.6. The zero-order chi connectivity index (χ0) is 17.3. The van der Waals surface area contributed by atoms with Crippen LogP contribution in [0.15, 0.2) is 28.8 Å². The fraction of sp³-hybridized carbons (Fsp3) is 0.214. The van der Waals surface area contributed by atoms with Gasteiger partial charge in [-0.2, -0.15) is 0 Å². The van der Waals surface area contributed by atoms with E-state index in [0.29, 0.717) is 11.4 Å². The van der Waals surface area contributed by atoms with Gasteiger partial charge in [0.15, 0.2) is 11.6 Å². The summed E-state index contributed by atoms with van der Waals surface area (Å²) in [6, 6.07) is 5.43. The first-order valence-electron chi connectivity index (χ1n) is 6.89. The van der Waals surface area contributed by atoms with Gasteiger partial charge in [-0.1, -0.05) is 5.16 Å². The van der Waals surface area contributed by atoms with Crippen LogP contribution < -0.4 is 15.0 Å². The molecule has 24 heavy (non-hydrogen) atoms. The van der Waals surface area contributed by atoms with Gasteiger partial charge < -0.3 is 19.5 Å². The van der Waals surface area contributed by atoms with E-state index in [0.717, 1.165) is 6.07 Å². The van der Waals surface area contributed by atoms with Gasteiger partial charge in [0.2, 0.25) is 5.91 Å². The average molecular weight is 332 g/mol. The van der Waals surface area contributed by atoms with Crippen molar-refractivity contribution in [3.8, 4) is 5.75 Å². The van der Waals surface area contributed by atoms with Crippen LogP contribution in [0.5, 0.6) is 5.75 Å². The third-order valence-corrected chi connectivity index (χ3v) is 3.27. The maximum absolute atomic E-state index is 12.1. The Labute approximate surface area is 135 Å². The van der Waals surface area contributed by atoms with E-state index in [1.165, 1.54) is 17.0 Å². The first-order valence-corrected chi connectivity index (χ1v) is 6.89. The van der Waals surface area contributed by atoms with E-state index in [1.807, 2.05) is 0 Å². The number of esters is 1. The molecule has 2 heterocycles. The van der Waals surface area contributed by atoms with Gasteiger partial charge in [0, 0.05) is 12.1 Å². The maximum Gasteiger partial charge on any atom is 0.331 e. The lowest BCUT2D eigenvalue weighted by molar-refractivity contribution is -0.384. The molecule has 1 aromatic heterocycles. The Morgan fingerprint density at radius 1 is 1.46 bits per heavy atom. The Kier molecular flexibility index (Phi) is 3.86. The Balaban J connectivity index is 1.78. The number of amides is 1. The molecule has 0 aliphatic carbocycles. The highest BCUT2D eigenvalue weighted by molar-refractivity contribution is 5.95. The first kappa shape index (κ1) is 15.5. The van der Waals surface area contributed by atoms with Crippen LogP contribution >= 0.6 is 0 Å². The van der Waals surface area contributed by atoms with Crippen molar-refractivity contribution in [1.29, 1.82) is 0 Å². The van der Waals surface area contributed by atoms with Crippen molar-refractivity contribution < 1.29 is 23.8 Å². The number of carbonyl (C=O) groups is 2. The minimum absolute atomic E-state index is 0.0468. The van der Waals surface area contributed by atoms with E-state index in [-0.39, 0.29) is 30.3 Å². The molecular weight excluding hydrogens is 320 g/mol. The third kappa shape index (κ3) is 3.16. The lowest BCUT2D eigenvalue weighted by atomic mass is 10.2. The van der Waals surface area contributed by atoms with E-state index in [9.17, 15) is 19.7 Å². The molecule has 3 rings (SSSR count). The van der Waals surface area contributed by atoms with Crippen molar-refractivity contribution in [1.82, 2.24) is 5.16 Å². The standard InChI is InChI=1S/C14H12N4O6/c1-8-4-12(16-24-8)15-13(19)6-17-7-14(20)23-11-5-9(18(21)22)2-3-10(11)17/h2-5H,6-7H2,1H3,(H,15,16,19). The van der Waals surface area contributed by atoms with Gasteiger partial charge in [-0.15, -0.1) is 0 Å². The quantitative estimate of drug-likeness (QED) is 0.383. The van der Waals surface area contributed by atoms with Crippen LogP contribution in [0.25, 0.3) is 0 Å². The number of ether oxygens (including phenoxy) is 1. The van der Waals surface area contributed by atoms with Crippen molar-refractivity contribution in [3.63, 3.8) is 0 Å². The molecule has 0 fully saturated rings. The number of nitrogens with one attached hydrogen (secondary N) is 1. The molecule has 1 aliphatic heterocycles. The predicted molar refractivity (Wildman–Crippen MR) is 80.8 cm³/mol. The molecule has 1 amide bonds. The number of hydrogen-bond acceptors (Lipinski definition) is 8. The summed E-state index contributed by atoms with van der Waals surface area (Å²) >= 11 is 0.